The van der Waals surface area contributed by atoms with Crippen LogP contribution >= 0.6 is 11.3 Å². The first kappa shape index (κ1) is 17.8. The van der Waals surface area contributed by atoms with Crippen molar-refractivity contribution in [2.75, 3.05) is 20.3 Å². The number of ether oxygens (including phenoxy) is 1. The Bertz CT molecular complexity index is 744. The molecule has 0 saturated carbocycles. The molecule has 3 rings (SSSR count). The van der Waals surface area contributed by atoms with E-state index in [0.717, 1.165) is 23.4 Å². The molecule has 2 aromatic rings. The van der Waals surface area contributed by atoms with Crippen molar-refractivity contribution in [1.29, 1.82) is 0 Å². The first-order valence-electron chi connectivity index (χ1n) is 8.61. The van der Waals surface area contributed by atoms with Crippen molar-refractivity contribution in [1.82, 2.24) is 10.2 Å². The average Bonchev–Trinajstić information content (AvgIpc) is 3.29. The monoisotopic (exact) mass is 360 g/mol. The Kier molecular flexibility index (Phi) is 5.60. The van der Waals surface area contributed by atoms with E-state index in [1.54, 1.807) is 12.1 Å². The first-order valence-corrected chi connectivity index (χ1v) is 9.43. The molecule has 134 valence electrons. The number of carbonyl (C=O) groups is 1. The molecule has 25 heavy (non-hydrogen) atoms. The number of carbonyl (C=O) groups excluding carboxylic acids is 1. The van der Waals surface area contributed by atoms with E-state index in [-0.39, 0.29) is 11.7 Å². The highest BCUT2D eigenvalue weighted by atomic mass is 32.1. The molecule has 0 spiro atoms. The van der Waals surface area contributed by atoms with Gasteiger partial charge in [-0.15, -0.1) is 11.3 Å². The third-order valence-electron chi connectivity index (χ3n) is 4.71. The maximum absolute atomic E-state index is 12.4. The number of likely N-dealkylation sites (tertiary alicyclic amines) is 1. The number of nitrogens with zero attached hydrogens (tertiary/aromatic N) is 1. The Hall–Kier alpha value is -2.05. The molecule has 1 aromatic heterocycles. The number of thiophene rings is 1. The summed E-state index contributed by atoms with van der Waals surface area (Å²) >= 11 is 1.44. The highest BCUT2D eigenvalue weighted by Crippen LogP contribution is 2.34. The van der Waals surface area contributed by atoms with Gasteiger partial charge >= 0.3 is 0 Å². The molecule has 2 heterocycles. The van der Waals surface area contributed by atoms with Crippen molar-refractivity contribution in [2.45, 2.75) is 32.2 Å². The lowest BCUT2D eigenvalue weighted by Crippen LogP contribution is -2.39. The largest absolute Gasteiger partial charge is 0.504 e. The van der Waals surface area contributed by atoms with E-state index in [9.17, 15) is 9.90 Å². The van der Waals surface area contributed by atoms with Gasteiger partial charge < -0.3 is 15.2 Å². The average molecular weight is 360 g/mol. The minimum atomic E-state index is -0.0382. The zero-order valence-electron chi connectivity index (χ0n) is 14.6. The summed E-state index contributed by atoms with van der Waals surface area (Å²) in [6, 6.07) is 9.56. The van der Waals surface area contributed by atoms with Gasteiger partial charge in [-0.05, 0) is 55.2 Å². The van der Waals surface area contributed by atoms with Crippen LogP contribution in [-0.4, -0.2) is 42.3 Å². The van der Waals surface area contributed by atoms with Gasteiger partial charge in [0, 0.05) is 17.5 Å². The fraction of sp³-hybridized carbons (Fsp3) is 0.421. The van der Waals surface area contributed by atoms with Crippen molar-refractivity contribution >= 4 is 17.2 Å². The van der Waals surface area contributed by atoms with Crippen LogP contribution in [0.3, 0.4) is 0 Å². The standard InChI is InChI=1S/C19H24N2O3S/c1-3-14-5-4-10-21(14)12-20-19(23)18-9-8-17(25-18)13-6-7-15(22)16(11-13)24-2/h6-9,11,14,22H,3-5,10,12H2,1-2H3,(H,20,23)/t14-/m0/s1. The molecule has 2 N–H and O–H groups in total. The Morgan fingerprint density at radius 1 is 1.40 bits per heavy atom. The van der Waals surface area contributed by atoms with Gasteiger partial charge in [0.25, 0.3) is 5.91 Å². The van der Waals surface area contributed by atoms with Gasteiger partial charge in [0.15, 0.2) is 11.5 Å². The van der Waals surface area contributed by atoms with E-state index in [4.69, 9.17) is 4.74 Å². The normalized spacial score (nSPS) is 17.6. The van der Waals surface area contributed by atoms with Crippen LogP contribution in [0, 0.1) is 0 Å². The van der Waals surface area contributed by atoms with E-state index >= 15 is 0 Å². The molecule has 0 aliphatic carbocycles. The molecule has 1 atom stereocenters. The van der Waals surface area contributed by atoms with E-state index in [2.05, 4.69) is 17.1 Å². The summed E-state index contributed by atoms with van der Waals surface area (Å²) in [5, 5.41) is 12.7. The lowest BCUT2D eigenvalue weighted by atomic mass is 10.1. The van der Waals surface area contributed by atoms with Gasteiger partial charge in [-0.1, -0.05) is 6.92 Å². The van der Waals surface area contributed by atoms with E-state index < -0.39 is 0 Å². The van der Waals surface area contributed by atoms with Gasteiger partial charge in [-0.25, -0.2) is 0 Å². The van der Waals surface area contributed by atoms with Crippen molar-refractivity contribution < 1.29 is 14.6 Å². The van der Waals surface area contributed by atoms with Crippen LogP contribution in [0.15, 0.2) is 30.3 Å². The van der Waals surface area contributed by atoms with Gasteiger partial charge in [0.1, 0.15) is 0 Å². The van der Waals surface area contributed by atoms with Gasteiger partial charge in [-0.3, -0.25) is 9.69 Å². The van der Waals surface area contributed by atoms with Gasteiger partial charge in [0.05, 0.1) is 18.7 Å². The third-order valence-corrected chi connectivity index (χ3v) is 5.84. The van der Waals surface area contributed by atoms with Crippen LogP contribution < -0.4 is 10.1 Å². The van der Waals surface area contributed by atoms with Crippen LogP contribution in [-0.2, 0) is 0 Å². The predicted octanol–water partition coefficient (Wildman–Crippen LogP) is 3.69. The van der Waals surface area contributed by atoms with E-state index in [1.165, 1.54) is 31.3 Å². The number of nitrogens with one attached hydrogen (secondary N) is 1. The van der Waals surface area contributed by atoms with Gasteiger partial charge in [0.2, 0.25) is 0 Å². The second-order valence-electron chi connectivity index (χ2n) is 6.23. The fourth-order valence-electron chi connectivity index (χ4n) is 3.27. The summed E-state index contributed by atoms with van der Waals surface area (Å²) in [5.74, 6) is 0.497. The summed E-state index contributed by atoms with van der Waals surface area (Å²) in [7, 11) is 1.52. The number of methoxy groups -OCH3 is 1. The van der Waals surface area contributed by atoms with Crippen molar-refractivity contribution in [3.8, 4) is 21.9 Å². The summed E-state index contributed by atoms with van der Waals surface area (Å²) in [6.45, 7) is 3.86. The number of phenols is 1. The Morgan fingerprint density at radius 2 is 2.24 bits per heavy atom. The number of phenolic OH excluding ortho intramolecular Hbond substituents is 1. The maximum atomic E-state index is 12.4. The molecule has 1 fully saturated rings. The second-order valence-corrected chi connectivity index (χ2v) is 7.31. The summed E-state index contributed by atoms with van der Waals surface area (Å²) in [5.41, 5.74) is 0.921. The number of hydrogen-bond donors (Lipinski definition) is 2. The summed E-state index contributed by atoms with van der Waals surface area (Å²) in [4.78, 5) is 16.4. The highest BCUT2D eigenvalue weighted by molar-refractivity contribution is 7.17. The fourth-order valence-corrected chi connectivity index (χ4v) is 4.19. The SMILES string of the molecule is CC[C@H]1CCCN1CNC(=O)c1ccc(-c2ccc(O)c(OC)c2)s1. The maximum Gasteiger partial charge on any atom is 0.262 e. The third kappa shape index (κ3) is 3.96. The topological polar surface area (TPSA) is 61.8 Å². The predicted molar refractivity (Wildman–Crippen MR) is 100 cm³/mol. The minimum Gasteiger partial charge on any atom is -0.504 e. The van der Waals surface area contributed by atoms with E-state index in [0.29, 0.717) is 23.3 Å². The first-order chi connectivity index (χ1) is 12.1. The quantitative estimate of drug-likeness (QED) is 0.825. The molecule has 1 aliphatic heterocycles. The molecular weight excluding hydrogens is 336 g/mol. The minimum absolute atomic E-state index is 0.0382. The Balaban J connectivity index is 1.65. The summed E-state index contributed by atoms with van der Waals surface area (Å²) in [6.07, 6.45) is 3.56. The van der Waals surface area contributed by atoms with Crippen molar-refractivity contribution in [2.24, 2.45) is 0 Å². The molecule has 1 amide bonds. The van der Waals surface area contributed by atoms with Crippen LogP contribution in [0.5, 0.6) is 11.5 Å². The summed E-state index contributed by atoms with van der Waals surface area (Å²) < 4.78 is 5.15. The van der Waals surface area contributed by atoms with Crippen LogP contribution in [0.2, 0.25) is 0 Å². The molecule has 6 heteroatoms. The molecule has 1 saturated heterocycles. The molecule has 5 nitrogen and oxygen atoms in total. The molecule has 0 bridgehead atoms. The Morgan fingerprint density at radius 3 is 3.00 bits per heavy atom. The van der Waals surface area contributed by atoms with Crippen molar-refractivity contribution in [3.63, 3.8) is 0 Å². The molecule has 1 aromatic carbocycles. The lowest BCUT2D eigenvalue weighted by molar-refractivity contribution is 0.0921. The smallest absolute Gasteiger partial charge is 0.262 e. The molecule has 0 radical (unpaired) electrons. The number of rotatable bonds is 6. The zero-order valence-corrected chi connectivity index (χ0v) is 15.4. The lowest BCUT2D eigenvalue weighted by Gasteiger charge is -2.23. The second kappa shape index (κ2) is 7.89. The van der Waals surface area contributed by atoms with Crippen molar-refractivity contribution in [3.05, 3.63) is 35.2 Å². The highest BCUT2D eigenvalue weighted by Gasteiger charge is 2.23. The zero-order chi connectivity index (χ0) is 17.8. The van der Waals surface area contributed by atoms with Crippen LogP contribution in [0.25, 0.3) is 10.4 Å². The van der Waals surface area contributed by atoms with Crippen LogP contribution in [0.4, 0.5) is 0 Å². The molecule has 1 aliphatic rings. The number of aromatic hydroxyl groups is 1. The molecular formula is C19H24N2O3S. The van der Waals surface area contributed by atoms with Gasteiger partial charge in [-0.2, -0.15) is 0 Å². The molecule has 0 unspecified atom stereocenters. The number of hydrogen-bond acceptors (Lipinski definition) is 5. The van der Waals surface area contributed by atoms with Crippen LogP contribution in [0.1, 0.15) is 35.9 Å². The number of amides is 1. The van der Waals surface area contributed by atoms with E-state index in [1.807, 2.05) is 18.2 Å². The number of benzene rings is 1. The Labute approximate surface area is 152 Å².